The molecule has 16 heavy (non-hydrogen) atoms. The van der Waals surface area contributed by atoms with Crippen molar-refractivity contribution in [2.75, 3.05) is 0 Å². The average Bonchev–Trinajstić information content (AvgIpc) is 2.15. The monoisotopic (exact) mass is 217 g/mol. The van der Waals surface area contributed by atoms with Crippen LogP contribution in [-0.4, -0.2) is 11.5 Å². The maximum absolute atomic E-state index is 11.1. The lowest BCUT2D eigenvalue weighted by Crippen LogP contribution is -1.93. The van der Waals surface area contributed by atoms with Crippen LogP contribution in [0, 0.1) is 0 Å². The summed E-state index contributed by atoms with van der Waals surface area (Å²) in [6, 6.07) is 0. The molecule has 0 aliphatic heterocycles. The molecule has 0 radical (unpaired) electrons. The number of hydrogen-bond acceptors (Lipinski definition) is 2. The van der Waals surface area contributed by atoms with Crippen LogP contribution < -0.4 is 0 Å². The van der Waals surface area contributed by atoms with E-state index >= 15 is 0 Å². The number of aliphatic imine (C=N–C) groups is 1. The van der Waals surface area contributed by atoms with E-state index in [0.717, 1.165) is 11.3 Å². The molecule has 0 fully saturated rings. The summed E-state index contributed by atoms with van der Waals surface area (Å²) in [7, 11) is 0. The van der Waals surface area contributed by atoms with Crippen LogP contribution in [0.3, 0.4) is 0 Å². The highest BCUT2D eigenvalue weighted by Gasteiger charge is 2.01. The van der Waals surface area contributed by atoms with Gasteiger partial charge in [0.15, 0.2) is 5.78 Å². The topological polar surface area (TPSA) is 29.4 Å². The summed E-state index contributed by atoms with van der Waals surface area (Å²) < 4.78 is 0. The van der Waals surface area contributed by atoms with Gasteiger partial charge in [0.2, 0.25) is 0 Å². The van der Waals surface area contributed by atoms with Gasteiger partial charge in [0.05, 0.1) is 5.70 Å². The number of rotatable bonds is 5. The Hall–Kier alpha value is -1.70. The molecule has 0 unspecified atom stereocenters. The van der Waals surface area contributed by atoms with E-state index in [1.165, 1.54) is 13.0 Å². The fraction of sp³-hybridized carbons (Fsp3) is 0.286. The summed E-state index contributed by atoms with van der Waals surface area (Å²) in [6.45, 7) is 10.9. The highest BCUT2D eigenvalue weighted by atomic mass is 16.1. The minimum atomic E-state index is -0.0144. The maximum atomic E-state index is 11.1. The first-order chi connectivity index (χ1) is 7.51. The minimum Gasteiger partial charge on any atom is -0.295 e. The number of hydrogen-bond donors (Lipinski definition) is 0. The van der Waals surface area contributed by atoms with Gasteiger partial charge in [0, 0.05) is 11.8 Å². The van der Waals surface area contributed by atoms with E-state index in [1.807, 2.05) is 39.0 Å². The highest BCUT2D eigenvalue weighted by molar-refractivity contribution is 5.90. The zero-order chi connectivity index (χ0) is 12.6. The van der Waals surface area contributed by atoms with Gasteiger partial charge in [0.25, 0.3) is 0 Å². The molecule has 0 saturated carbocycles. The van der Waals surface area contributed by atoms with Gasteiger partial charge in [0.1, 0.15) is 0 Å². The molecule has 0 aliphatic carbocycles. The van der Waals surface area contributed by atoms with E-state index in [9.17, 15) is 4.79 Å². The molecule has 0 bridgehead atoms. The van der Waals surface area contributed by atoms with Crippen LogP contribution in [-0.2, 0) is 4.79 Å². The quantitative estimate of drug-likeness (QED) is 0.393. The van der Waals surface area contributed by atoms with Crippen LogP contribution in [0.4, 0.5) is 0 Å². The van der Waals surface area contributed by atoms with Crippen molar-refractivity contribution in [2.24, 2.45) is 4.99 Å². The van der Waals surface area contributed by atoms with Crippen molar-refractivity contribution < 1.29 is 4.79 Å². The molecule has 0 aromatic rings. The van der Waals surface area contributed by atoms with Gasteiger partial charge in [-0.15, -0.1) is 0 Å². The lowest BCUT2D eigenvalue weighted by Gasteiger charge is -2.03. The van der Waals surface area contributed by atoms with E-state index in [4.69, 9.17) is 0 Å². The van der Waals surface area contributed by atoms with Crippen LogP contribution in [0.15, 0.2) is 53.2 Å². The number of carbonyl (C=O) groups excluding carboxylic acids is 1. The third-order valence-electron chi connectivity index (χ3n) is 1.62. The molecule has 0 aromatic carbocycles. The van der Waals surface area contributed by atoms with Gasteiger partial charge in [-0.2, -0.15) is 0 Å². The van der Waals surface area contributed by atoms with Crippen molar-refractivity contribution in [3.63, 3.8) is 0 Å². The van der Waals surface area contributed by atoms with Crippen LogP contribution in [0.2, 0.25) is 0 Å². The van der Waals surface area contributed by atoms with E-state index < -0.39 is 0 Å². The van der Waals surface area contributed by atoms with Gasteiger partial charge in [-0.1, -0.05) is 30.9 Å². The van der Waals surface area contributed by atoms with E-state index in [0.29, 0.717) is 5.70 Å². The van der Waals surface area contributed by atoms with Gasteiger partial charge >= 0.3 is 0 Å². The predicted octanol–water partition coefficient (Wildman–Crippen LogP) is 3.63. The molecular weight excluding hydrogens is 198 g/mol. The van der Waals surface area contributed by atoms with Crippen molar-refractivity contribution in [3.8, 4) is 0 Å². The molecule has 0 rings (SSSR count). The fourth-order valence-corrected chi connectivity index (χ4v) is 1.15. The molecule has 0 spiro atoms. The molecule has 0 amide bonds. The molecule has 2 heteroatoms. The van der Waals surface area contributed by atoms with Crippen molar-refractivity contribution in [3.05, 3.63) is 48.2 Å². The molecule has 0 N–H and O–H groups in total. The molecule has 0 aromatic heterocycles. The average molecular weight is 217 g/mol. The summed E-state index contributed by atoms with van der Waals surface area (Å²) in [5.41, 5.74) is 2.46. The molecule has 86 valence electrons. The first kappa shape index (κ1) is 14.3. The van der Waals surface area contributed by atoms with Crippen LogP contribution in [0.5, 0.6) is 0 Å². The van der Waals surface area contributed by atoms with E-state index in [1.54, 1.807) is 6.08 Å². The Balaban J connectivity index is 5.47. The summed E-state index contributed by atoms with van der Waals surface area (Å²) >= 11 is 0. The summed E-state index contributed by atoms with van der Waals surface area (Å²) in [5, 5.41) is 0. The Labute approximate surface area is 97.8 Å². The minimum absolute atomic E-state index is 0.0144. The normalized spacial score (nSPS) is 12.8. The fourth-order valence-electron chi connectivity index (χ4n) is 1.15. The van der Waals surface area contributed by atoms with Crippen molar-refractivity contribution in [1.82, 2.24) is 0 Å². The third kappa shape index (κ3) is 5.91. The Morgan fingerprint density at radius 3 is 2.25 bits per heavy atom. The largest absolute Gasteiger partial charge is 0.295 e. The summed E-state index contributed by atoms with van der Waals surface area (Å²) in [5.74, 6) is -0.0144. The zero-order valence-corrected chi connectivity index (χ0v) is 10.4. The lowest BCUT2D eigenvalue weighted by molar-refractivity contribution is -0.112. The van der Waals surface area contributed by atoms with Gasteiger partial charge in [-0.3, -0.25) is 9.79 Å². The van der Waals surface area contributed by atoms with Gasteiger partial charge in [-0.05, 0) is 33.3 Å². The molecule has 2 nitrogen and oxygen atoms in total. The second-order valence-electron chi connectivity index (χ2n) is 3.56. The highest BCUT2D eigenvalue weighted by Crippen LogP contribution is 2.14. The van der Waals surface area contributed by atoms with E-state index in [-0.39, 0.29) is 5.78 Å². The molecule has 0 atom stereocenters. The standard InChI is InChI=1S/C14H19NO/c1-6-8-13(9-7-2)14(10-12(5)16)15-11(3)4/h6-10H,1H2,2-5H3/b9-7-,13-8+,14-10-. The van der Waals surface area contributed by atoms with Crippen LogP contribution in [0.1, 0.15) is 27.7 Å². The molecule has 0 aliphatic rings. The van der Waals surface area contributed by atoms with Crippen molar-refractivity contribution in [1.29, 1.82) is 0 Å². The number of allylic oxidation sites excluding steroid dienone is 5. The van der Waals surface area contributed by atoms with Crippen LogP contribution >= 0.6 is 0 Å². The first-order valence-electron chi connectivity index (χ1n) is 5.21. The Morgan fingerprint density at radius 2 is 1.88 bits per heavy atom. The summed E-state index contributed by atoms with van der Waals surface area (Å²) in [4.78, 5) is 15.5. The van der Waals surface area contributed by atoms with Crippen LogP contribution in [0.25, 0.3) is 0 Å². The lowest BCUT2D eigenvalue weighted by atomic mass is 10.1. The number of nitrogens with zero attached hydrogens (tertiary/aromatic N) is 1. The molecule has 0 heterocycles. The smallest absolute Gasteiger partial charge is 0.154 e. The Kier molecular flexibility index (Phi) is 6.77. The number of ketones is 1. The second-order valence-corrected chi connectivity index (χ2v) is 3.56. The zero-order valence-electron chi connectivity index (χ0n) is 10.4. The Morgan fingerprint density at radius 1 is 1.25 bits per heavy atom. The van der Waals surface area contributed by atoms with Gasteiger partial charge in [-0.25, -0.2) is 0 Å². The SMILES string of the molecule is C=C/C=C(\C=C/C)C(=C/C(C)=O)/N=C(C)C. The molecule has 0 saturated heterocycles. The Bertz CT molecular complexity index is 378. The molecular formula is C14H19NO. The first-order valence-corrected chi connectivity index (χ1v) is 5.21. The van der Waals surface area contributed by atoms with E-state index in [2.05, 4.69) is 11.6 Å². The number of carbonyl (C=O) groups is 1. The summed E-state index contributed by atoms with van der Waals surface area (Å²) in [6.07, 6.45) is 8.86. The van der Waals surface area contributed by atoms with Crippen molar-refractivity contribution >= 4 is 11.5 Å². The predicted molar refractivity (Wildman–Crippen MR) is 70.6 cm³/mol. The van der Waals surface area contributed by atoms with Gasteiger partial charge < -0.3 is 0 Å². The third-order valence-corrected chi connectivity index (χ3v) is 1.62. The second kappa shape index (κ2) is 7.57. The maximum Gasteiger partial charge on any atom is 0.154 e. The van der Waals surface area contributed by atoms with Crippen molar-refractivity contribution in [2.45, 2.75) is 27.7 Å².